The van der Waals surface area contributed by atoms with Crippen molar-refractivity contribution in [3.63, 3.8) is 0 Å². The van der Waals surface area contributed by atoms with Crippen molar-refractivity contribution in [3.05, 3.63) is 88.0 Å². The number of carboxylic acid groups (broad SMARTS) is 1. The Morgan fingerprint density at radius 3 is 2.04 bits per heavy atom. The van der Waals surface area contributed by atoms with Crippen LogP contribution in [0.15, 0.2) is 66.7 Å². The molecule has 0 saturated carbocycles. The highest BCUT2D eigenvalue weighted by molar-refractivity contribution is 6.10. The Morgan fingerprint density at radius 2 is 1.43 bits per heavy atom. The van der Waals surface area contributed by atoms with Gasteiger partial charge in [0.2, 0.25) is 0 Å². The molecule has 0 radical (unpaired) electrons. The van der Waals surface area contributed by atoms with Crippen LogP contribution >= 0.6 is 0 Å². The van der Waals surface area contributed by atoms with E-state index in [9.17, 15) is 29.9 Å². The molecule has 0 atom stereocenters. The van der Waals surface area contributed by atoms with E-state index in [1.54, 1.807) is 24.3 Å². The number of nitrogens with zero attached hydrogens (tertiary/aromatic N) is 1. The summed E-state index contributed by atoms with van der Waals surface area (Å²) >= 11 is 0. The van der Waals surface area contributed by atoms with Crippen LogP contribution in [-0.2, 0) is 0 Å². The molecule has 28 heavy (non-hydrogen) atoms. The zero-order valence-corrected chi connectivity index (χ0v) is 14.2. The molecule has 3 aromatic carbocycles. The van der Waals surface area contributed by atoms with Crippen molar-refractivity contribution < 1.29 is 24.7 Å². The van der Waals surface area contributed by atoms with Crippen LogP contribution in [0.5, 0.6) is 5.75 Å². The van der Waals surface area contributed by atoms with Crippen LogP contribution in [0, 0.1) is 10.1 Å². The molecule has 0 bridgehead atoms. The highest BCUT2D eigenvalue weighted by Crippen LogP contribution is 2.30. The van der Waals surface area contributed by atoms with Crippen LogP contribution in [-0.4, -0.2) is 16.8 Å². The highest BCUT2D eigenvalue weighted by atomic mass is 16.6. The Bertz CT molecular complexity index is 1090. The first-order valence-electron chi connectivity index (χ1n) is 8.05. The van der Waals surface area contributed by atoms with E-state index >= 15 is 0 Å². The smallest absolute Gasteiger partial charge is 0.271 e. The Hall–Kier alpha value is -4.20. The molecule has 140 valence electrons. The molecule has 0 heterocycles. The predicted octanol–water partition coefficient (Wildman–Crippen LogP) is 1.95. The monoisotopic (exact) mass is 376 g/mol. The van der Waals surface area contributed by atoms with Gasteiger partial charge in [-0.15, -0.1) is 0 Å². The maximum atomic E-state index is 12.7. The van der Waals surface area contributed by atoms with Crippen molar-refractivity contribution in [3.8, 4) is 16.9 Å². The van der Waals surface area contributed by atoms with E-state index in [-0.39, 0.29) is 28.1 Å². The summed E-state index contributed by atoms with van der Waals surface area (Å²) in [4.78, 5) is 34.3. The first-order valence-corrected chi connectivity index (χ1v) is 8.05. The molecule has 0 aromatic heterocycles. The number of hydrogen-bond acceptors (Lipinski definition) is 6. The van der Waals surface area contributed by atoms with Crippen LogP contribution in [0.3, 0.4) is 0 Å². The third-order valence-electron chi connectivity index (χ3n) is 4.03. The van der Waals surface area contributed by atoms with Gasteiger partial charge in [0.05, 0.1) is 10.9 Å². The largest absolute Gasteiger partial charge is 0.871 e. The van der Waals surface area contributed by atoms with Crippen molar-refractivity contribution in [2.24, 2.45) is 0 Å². The molecule has 1 amide bonds. The van der Waals surface area contributed by atoms with E-state index in [1.165, 1.54) is 24.3 Å². The number of anilines is 1. The maximum absolute atomic E-state index is 12.7. The summed E-state index contributed by atoms with van der Waals surface area (Å²) in [5.41, 5.74) is 0.00436. The minimum Gasteiger partial charge on any atom is -0.871 e. The van der Waals surface area contributed by atoms with Gasteiger partial charge >= 0.3 is 0 Å². The molecule has 1 N–H and O–H groups in total. The lowest BCUT2D eigenvalue weighted by Gasteiger charge is -2.17. The van der Waals surface area contributed by atoms with Gasteiger partial charge in [0, 0.05) is 28.9 Å². The number of benzene rings is 3. The van der Waals surface area contributed by atoms with Gasteiger partial charge in [-0.25, -0.2) is 0 Å². The highest BCUT2D eigenvalue weighted by Gasteiger charge is 2.16. The lowest BCUT2D eigenvalue weighted by atomic mass is 9.95. The van der Waals surface area contributed by atoms with Gasteiger partial charge in [0.1, 0.15) is 0 Å². The van der Waals surface area contributed by atoms with Gasteiger partial charge in [-0.05, 0) is 17.2 Å². The van der Waals surface area contributed by atoms with Gasteiger partial charge in [-0.3, -0.25) is 14.9 Å². The predicted molar refractivity (Wildman–Crippen MR) is 96.7 cm³/mol. The number of carbonyl (C=O) groups excluding carboxylic acids is 2. The quantitative estimate of drug-likeness (QED) is 0.534. The van der Waals surface area contributed by atoms with Gasteiger partial charge in [-0.1, -0.05) is 54.3 Å². The SMILES string of the molecule is O=C([O-])c1ccccc1-c1ccccc1C(=O)Nc1cc([N+](=O)[O-])ccc1[O-]. The topological polar surface area (TPSA) is 135 Å². The lowest BCUT2D eigenvalue weighted by Crippen LogP contribution is -2.23. The molecule has 0 aliphatic rings. The minimum absolute atomic E-state index is 0.0948. The fourth-order valence-corrected chi connectivity index (χ4v) is 2.73. The van der Waals surface area contributed by atoms with E-state index in [0.29, 0.717) is 5.56 Å². The van der Waals surface area contributed by atoms with Gasteiger partial charge in [0.15, 0.2) is 0 Å². The molecular formula is C20H12N2O6-2. The van der Waals surface area contributed by atoms with Gasteiger partial charge < -0.3 is 20.3 Å². The Balaban J connectivity index is 2.03. The molecule has 0 aliphatic carbocycles. The average Bonchev–Trinajstić information content (AvgIpc) is 2.69. The summed E-state index contributed by atoms with van der Waals surface area (Å²) in [7, 11) is 0. The first-order chi connectivity index (χ1) is 13.4. The molecule has 0 spiro atoms. The van der Waals surface area contributed by atoms with E-state index < -0.39 is 22.5 Å². The second kappa shape index (κ2) is 7.58. The first kappa shape index (κ1) is 18.6. The molecular weight excluding hydrogens is 364 g/mol. The Kier molecular flexibility index (Phi) is 5.03. The maximum Gasteiger partial charge on any atom is 0.271 e. The van der Waals surface area contributed by atoms with E-state index in [4.69, 9.17) is 0 Å². The Morgan fingerprint density at radius 1 is 0.857 bits per heavy atom. The molecule has 8 nitrogen and oxygen atoms in total. The fourth-order valence-electron chi connectivity index (χ4n) is 2.73. The molecule has 0 saturated heterocycles. The van der Waals surface area contributed by atoms with E-state index in [1.807, 2.05) is 0 Å². The summed E-state index contributed by atoms with van der Waals surface area (Å²) in [6, 6.07) is 15.3. The van der Waals surface area contributed by atoms with Gasteiger partial charge in [0.25, 0.3) is 11.6 Å². The molecule has 0 unspecified atom stereocenters. The number of nitrogens with one attached hydrogen (secondary N) is 1. The number of hydrogen-bond donors (Lipinski definition) is 1. The van der Waals surface area contributed by atoms with Crippen LogP contribution in [0.4, 0.5) is 11.4 Å². The van der Waals surface area contributed by atoms with Crippen LogP contribution in [0.1, 0.15) is 20.7 Å². The van der Waals surface area contributed by atoms with Crippen molar-refractivity contribution >= 4 is 23.3 Å². The Labute approximate surface area is 158 Å². The summed E-state index contributed by atoms with van der Waals surface area (Å²) in [5, 5.41) is 36.6. The number of rotatable bonds is 5. The zero-order valence-electron chi connectivity index (χ0n) is 14.2. The number of carboxylic acids is 1. The van der Waals surface area contributed by atoms with Crippen molar-refractivity contribution in [2.75, 3.05) is 5.32 Å². The second-order valence-electron chi connectivity index (χ2n) is 5.77. The molecule has 8 heteroatoms. The number of amides is 1. The number of aromatic carboxylic acids is 1. The molecule has 0 fully saturated rings. The standard InChI is InChI=1S/C20H14N2O6/c23-18-10-9-12(22(27)28)11-17(18)21-19(24)15-7-3-1-5-13(15)14-6-2-4-8-16(14)20(25)26/h1-11,23H,(H,21,24)(H,25,26)/p-2. The molecule has 3 aromatic rings. The third kappa shape index (κ3) is 3.65. The zero-order chi connectivity index (χ0) is 20.3. The van der Waals surface area contributed by atoms with E-state index in [0.717, 1.165) is 18.2 Å². The van der Waals surface area contributed by atoms with Crippen molar-refractivity contribution in [1.29, 1.82) is 0 Å². The number of non-ortho nitro benzene ring substituents is 1. The lowest BCUT2D eigenvalue weighted by molar-refractivity contribution is -0.385. The van der Waals surface area contributed by atoms with Crippen LogP contribution < -0.4 is 15.5 Å². The summed E-state index contributed by atoms with van der Waals surface area (Å²) < 4.78 is 0. The average molecular weight is 376 g/mol. The molecule has 0 aliphatic heterocycles. The summed E-state index contributed by atoms with van der Waals surface area (Å²) in [6.07, 6.45) is 0. The van der Waals surface area contributed by atoms with Gasteiger partial charge in [-0.2, -0.15) is 0 Å². The summed E-state index contributed by atoms with van der Waals surface area (Å²) in [6.45, 7) is 0. The number of nitro groups is 1. The molecule has 3 rings (SSSR count). The summed E-state index contributed by atoms with van der Waals surface area (Å²) in [5.74, 6) is -2.70. The second-order valence-corrected chi connectivity index (χ2v) is 5.77. The van der Waals surface area contributed by atoms with E-state index in [2.05, 4.69) is 5.32 Å². The number of nitro benzene ring substituents is 1. The minimum atomic E-state index is -1.40. The normalized spacial score (nSPS) is 10.3. The van der Waals surface area contributed by atoms with Crippen molar-refractivity contribution in [1.82, 2.24) is 0 Å². The third-order valence-corrected chi connectivity index (χ3v) is 4.03. The van der Waals surface area contributed by atoms with Crippen LogP contribution in [0.2, 0.25) is 0 Å². The fraction of sp³-hybridized carbons (Fsp3) is 0. The number of carbonyl (C=O) groups is 2. The van der Waals surface area contributed by atoms with Crippen molar-refractivity contribution in [2.45, 2.75) is 0 Å². The van der Waals surface area contributed by atoms with Crippen LogP contribution in [0.25, 0.3) is 11.1 Å².